The van der Waals surface area contributed by atoms with Gasteiger partial charge >= 0.3 is 0 Å². The van der Waals surface area contributed by atoms with Gasteiger partial charge in [-0.15, -0.1) is 5.10 Å². The molecule has 0 unspecified atom stereocenters. The van der Waals surface area contributed by atoms with E-state index in [4.69, 9.17) is 4.74 Å². The molecule has 1 heterocycles. The Morgan fingerprint density at radius 2 is 2.21 bits per heavy atom. The van der Waals surface area contributed by atoms with Crippen LogP contribution >= 0.6 is 0 Å². The second-order valence-electron chi connectivity index (χ2n) is 3.86. The highest BCUT2D eigenvalue weighted by molar-refractivity contribution is 4.79. The molecule has 14 heavy (non-hydrogen) atoms. The van der Waals surface area contributed by atoms with Gasteiger partial charge in [-0.3, -0.25) is 0 Å². The van der Waals surface area contributed by atoms with E-state index < -0.39 is 0 Å². The average Bonchev–Trinajstić information content (AvgIpc) is 2.80. The third-order valence-corrected chi connectivity index (χ3v) is 2.79. The first-order valence-electron chi connectivity index (χ1n) is 5.14. The summed E-state index contributed by atoms with van der Waals surface area (Å²) in [6.45, 7) is 1.45. The average molecular weight is 196 g/mol. The monoisotopic (exact) mass is 196 g/mol. The van der Waals surface area contributed by atoms with Crippen LogP contribution in [0.5, 0.6) is 0 Å². The second-order valence-corrected chi connectivity index (χ2v) is 3.86. The Balaban J connectivity index is 1.96. The molecule has 0 aromatic carbocycles. The summed E-state index contributed by atoms with van der Waals surface area (Å²) in [7, 11) is 1.66. The maximum absolute atomic E-state index is 5.03. The molecule has 0 atom stereocenters. The Hall–Kier alpha value is -0.970. The predicted octanol–water partition coefficient (Wildman–Crippen LogP) is 1.01. The number of hydrogen-bond donors (Lipinski definition) is 0. The molecule has 1 aliphatic rings. The van der Waals surface area contributed by atoms with Crippen LogP contribution < -0.4 is 0 Å². The number of hydrogen-bond acceptors (Lipinski definition) is 4. The topological polar surface area (TPSA) is 52.8 Å². The van der Waals surface area contributed by atoms with Gasteiger partial charge in [0.05, 0.1) is 0 Å². The van der Waals surface area contributed by atoms with Gasteiger partial charge in [0.15, 0.2) is 5.82 Å². The molecule has 2 rings (SSSR count). The minimum absolute atomic E-state index is 0.500. The molecular formula is C9H16N4O. The van der Waals surface area contributed by atoms with Gasteiger partial charge in [0.25, 0.3) is 0 Å². The molecule has 0 aliphatic heterocycles. The van der Waals surface area contributed by atoms with Gasteiger partial charge in [0.2, 0.25) is 0 Å². The Kier molecular flexibility index (Phi) is 3.08. The maximum atomic E-state index is 5.03. The van der Waals surface area contributed by atoms with Crippen molar-refractivity contribution in [3.63, 3.8) is 0 Å². The molecule has 0 amide bonds. The zero-order valence-electron chi connectivity index (χ0n) is 8.52. The maximum Gasteiger partial charge on any atom is 0.177 e. The van der Waals surface area contributed by atoms with Crippen molar-refractivity contribution in [1.82, 2.24) is 20.2 Å². The van der Waals surface area contributed by atoms with Crippen LogP contribution in [-0.4, -0.2) is 27.3 Å². The number of methoxy groups -OCH3 is 1. The smallest absolute Gasteiger partial charge is 0.177 e. The Bertz CT molecular complexity index is 280. The van der Waals surface area contributed by atoms with Crippen molar-refractivity contribution in [1.29, 1.82) is 0 Å². The Morgan fingerprint density at radius 1 is 1.43 bits per heavy atom. The summed E-state index contributed by atoms with van der Waals surface area (Å²) in [5, 5.41) is 11.6. The molecule has 5 nitrogen and oxygen atoms in total. The number of aromatic nitrogens is 4. The fraction of sp³-hybridized carbons (Fsp3) is 0.889. The predicted molar refractivity (Wildman–Crippen MR) is 50.5 cm³/mol. The quantitative estimate of drug-likeness (QED) is 0.721. The highest BCUT2D eigenvalue weighted by atomic mass is 16.5. The van der Waals surface area contributed by atoms with Crippen molar-refractivity contribution in [3.8, 4) is 0 Å². The molecule has 0 radical (unpaired) electrons. The molecule has 5 heteroatoms. The van der Waals surface area contributed by atoms with Crippen LogP contribution in [0.2, 0.25) is 0 Å². The van der Waals surface area contributed by atoms with Crippen LogP contribution in [-0.2, 0) is 17.9 Å². The van der Waals surface area contributed by atoms with Gasteiger partial charge < -0.3 is 4.74 Å². The van der Waals surface area contributed by atoms with Gasteiger partial charge in [-0.2, -0.15) is 0 Å². The van der Waals surface area contributed by atoms with Crippen molar-refractivity contribution in [2.75, 3.05) is 7.11 Å². The summed E-state index contributed by atoms with van der Waals surface area (Å²) in [6.07, 6.45) is 5.33. The zero-order valence-corrected chi connectivity index (χ0v) is 8.52. The van der Waals surface area contributed by atoms with Crippen LogP contribution in [0, 0.1) is 5.92 Å². The third-order valence-electron chi connectivity index (χ3n) is 2.79. The van der Waals surface area contributed by atoms with Crippen LogP contribution in [0.1, 0.15) is 31.5 Å². The lowest BCUT2D eigenvalue weighted by molar-refractivity contribution is 0.171. The standard InChI is InChI=1S/C9H16N4O/c1-14-7-9-10-11-12-13(9)6-8-4-2-3-5-8/h8H,2-7H2,1H3. The van der Waals surface area contributed by atoms with E-state index in [9.17, 15) is 0 Å². The normalized spacial score (nSPS) is 17.8. The van der Waals surface area contributed by atoms with E-state index >= 15 is 0 Å². The molecule has 0 bridgehead atoms. The van der Waals surface area contributed by atoms with Gasteiger partial charge in [0, 0.05) is 13.7 Å². The molecule has 1 fully saturated rings. The van der Waals surface area contributed by atoms with Crippen LogP contribution in [0.25, 0.3) is 0 Å². The molecule has 78 valence electrons. The summed E-state index contributed by atoms with van der Waals surface area (Å²) in [5.41, 5.74) is 0. The molecule has 1 aromatic heterocycles. The molecule has 1 saturated carbocycles. The van der Waals surface area contributed by atoms with Crippen molar-refractivity contribution in [3.05, 3.63) is 5.82 Å². The summed E-state index contributed by atoms with van der Waals surface area (Å²) in [4.78, 5) is 0. The fourth-order valence-electron chi connectivity index (χ4n) is 2.04. The first-order chi connectivity index (χ1) is 6.90. The van der Waals surface area contributed by atoms with Crippen LogP contribution in [0.15, 0.2) is 0 Å². The van der Waals surface area contributed by atoms with E-state index in [1.807, 2.05) is 4.68 Å². The largest absolute Gasteiger partial charge is 0.377 e. The van der Waals surface area contributed by atoms with Gasteiger partial charge in [0.1, 0.15) is 6.61 Å². The molecular weight excluding hydrogens is 180 g/mol. The lowest BCUT2D eigenvalue weighted by Gasteiger charge is -2.09. The third kappa shape index (κ3) is 2.09. The Labute approximate surface area is 83.4 Å². The minimum atomic E-state index is 0.500. The van der Waals surface area contributed by atoms with E-state index in [-0.39, 0.29) is 0 Å². The van der Waals surface area contributed by atoms with E-state index in [1.54, 1.807) is 7.11 Å². The first-order valence-corrected chi connectivity index (χ1v) is 5.14. The van der Waals surface area contributed by atoms with Crippen molar-refractivity contribution in [2.24, 2.45) is 5.92 Å². The highest BCUT2D eigenvalue weighted by Crippen LogP contribution is 2.25. The summed E-state index contributed by atoms with van der Waals surface area (Å²) in [6, 6.07) is 0. The number of nitrogens with zero attached hydrogens (tertiary/aromatic N) is 4. The van der Waals surface area contributed by atoms with E-state index in [0.717, 1.165) is 18.3 Å². The molecule has 0 saturated heterocycles. The van der Waals surface area contributed by atoms with Gasteiger partial charge in [-0.1, -0.05) is 12.8 Å². The molecule has 1 aliphatic carbocycles. The number of tetrazole rings is 1. The fourth-order valence-corrected chi connectivity index (χ4v) is 2.04. The number of rotatable bonds is 4. The van der Waals surface area contributed by atoms with E-state index in [1.165, 1.54) is 25.7 Å². The minimum Gasteiger partial charge on any atom is -0.377 e. The second kappa shape index (κ2) is 4.50. The SMILES string of the molecule is COCc1nnnn1CC1CCCC1. The van der Waals surface area contributed by atoms with Crippen molar-refractivity contribution in [2.45, 2.75) is 38.8 Å². The van der Waals surface area contributed by atoms with Crippen molar-refractivity contribution < 1.29 is 4.74 Å². The van der Waals surface area contributed by atoms with Gasteiger partial charge in [-0.25, -0.2) is 4.68 Å². The highest BCUT2D eigenvalue weighted by Gasteiger charge is 2.17. The lowest BCUT2D eigenvalue weighted by atomic mass is 10.1. The molecule has 0 spiro atoms. The number of ether oxygens (including phenoxy) is 1. The molecule has 0 N–H and O–H groups in total. The van der Waals surface area contributed by atoms with E-state index in [2.05, 4.69) is 15.5 Å². The van der Waals surface area contributed by atoms with Crippen LogP contribution in [0.4, 0.5) is 0 Å². The Morgan fingerprint density at radius 3 is 2.93 bits per heavy atom. The summed E-state index contributed by atoms with van der Waals surface area (Å²) < 4.78 is 6.90. The lowest BCUT2D eigenvalue weighted by Crippen LogP contribution is -2.12. The van der Waals surface area contributed by atoms with Gasteiger partial charge in [-0.05, 0) is 29.2 Å². The van der Waals surface area contributed by atoms with E-state index in [0.29, 0.717) is 6.61 Å². The first kappa shape index (κ1) is 9.58. The summed E-state index contributed by atoms with van der Waals surface area (Å²) in [5.74, 6) is 1.59. The zero-order chi connectivity index (χ0) is 9.80. The van der Waals surface area contributed by atoms with Crippen molar-refractivity contribution >= 4 is 0 Å². The molecule has 1 aromatic rings. The summed E-state index contributed by atoms with van der Waals surface area (Å²) >= 11 is 0. The van der Waals surface area contributed by atoms with Crippen LogP contribution in [0.3, 0.4) is 0 Å².